The lowest BCUT2D eigenvalue weighted by Crippen LogP contribution is -2.31. The molecule has 4 heteroatoms. The van der Waals surface area contributed by atoms with Crippen molar-refractivity contribution in [3.05, 3.63) is 35.4 Å². The molecule has 1 fully saturated rings. The molecule has 2 nitrogen and oxygen atoms in total. The quantitative estimate of drug-likeness (QED) is 0.863. The Bertz CT molecular complexity index is 414. The van der Waals surface area contributed by atoms with Crippen LogP contribution in [0.3, 0.4) is 0 Å². The smallest absolute Gasteiger partial charge is 0.126 e. The first kappa shape index (κ1) is 15.4. The van der Waals surface area contributed by atoms with Gasteiger partial charge < -0.3 is 10.2 Å². The third-order valence-corrected chi connectivity index (χ3v) is 3.82. The van der Waals surface area contributed by atoms with Crippen molar-refractivity contribution in [1.29, 1.82) is 0 Å². The molecule has 0 amide bonds. The summed E-state index contributed by atoms with van der Waals surface area (Å²) in [5.74, 6) is -0.275. The van der Waals surface area contributed by atoms with E-state index in [9.17, 15) is 8.78 Å². The average molecular weight is 282 g/mol. The van der Waals surface area contributed by atoms with Crippen LogP contribution < -0.4 is 5.32 Å². The molecule has 1 saturated heterocycles. The van der Waals surface area contributed by atoms with E-state index in [0.29, 0.717) is 18.4 Å². The molecule has 112 valence electrons. The number of halogens is 2. The van der Waals surface area contributed by atoms with Crippen molar-refractivity contribution in [2.75, 3.05) is 26.2 Å². The molecular formula is C16H24F2N2. The topological polar surface area (TPSA) is 15.3 Å². The van der Waals surface area contributed by atoms with Crippen molar-refractivity contribution < 1.29 is 8.78 Å². The molecule has 1 aromatic rings. The summed E-state index contributed by atoms with van der Waals surface area (Å²) in [5.41, 5.74) is 0.742. The number of hydrogen-bond acceptors (Lipinski definition) is 2. The van der Waals surface area contributed by atoms with E-state index in [2.05, 4.69) is 24.1 Å². The van der Waals surface area contributed by atoms with Crippen LogP contribution in [0, 0.1) is 17.6 Å². The average Bonchev–Trinajstić information content (AvgIpc) is 2.81. The molecular weight excluding hydrogens is 258 g/mol. The molecule has 2 rings (SSSR count). The van der Waals surface area contributed by atoms with Crippen LogP contribution in [0.5, 0.6) is 0 Å². The van der Waals surface area contributed by atoms with Crippen molar-refractivity contribution in [1.82, 2.24) is 10.2 Å². The van der Waals surface area contributed by atoms with Crippen molar-refractivity contribution in [3.63, 3.8) is 0 Å². The fourth-order valence-electron chi connectivity index (χ4n) is 2.73. The summed E-state index contributed by atoms with van der Waals surface area (Å²) in [4.78, 5) is 2.38. The first-order valence-corrected chi connectivity index (χ1v) is 7.43. The van der Waals surface area contributed by atoms with Gasteiger partial charge in [0.05, 0.1) is 0 Å². The molecule has 0 spiro atoms. The van der Waals surface area contributed by atoms with E-state index in [1.54, 1.807) is 0 Å². The maximum atomic E-state index is 13.1. The fraction of sp³-hybridized carbons (Fsp3) is 0.625. The third-order valence-electron chi connectivity index (χ3n) is 3.82. The lowest BCUT2D eigenvalue weighted by Gasteiger charge is -2.17. The first-order chi connectivity index (χ1) is 9.52. The second-order valence-electron chi connectivity index (χ2n) is 6.05. The number of likely N-dealkylation sites (tertiary alicyclic amines) is 1. The monoisotopic (exact) mass is 282 g/mol. The van der Waals surface area contributed by atoms with E-state index in [-0.39, 0.29) is 0 Å². The second-order valence-corrected chi connectivity index (χ2v) is 6.05. The zero-order chi connectivity index (χ0) is 14.5. The molecule has 1 heterocycles. The van der Waals surface area contributed by atoms with Crippen molar-refractivity contribution >= 4 is 0 Å². The molecule has 0 saturated carbocycles. The molecule has 0 aliphatic carbocycles. The summed E-state index contributed by atoms with van der Waals surface area (Å²) in [6.07, 6.45) is 1.91. The second kappa shape index (κ2) is 7.14. The summed E-state index contributed by atoms with van der Waals surface area (Å²) in [6, 6.07) is 4.31. The van der Waals surface area contributed by atoms with Crippen molar-refractivity contribution in [2.45, 2.75) is 32.7 Å². The summed E-state index contributed by atoms with van der Waals surface area (Å²) < 4.78 is 26.2. The van der Waals surface area contributed by atoms with Gasteiger partial charge in [-0.3, -0.25) is 0 Å². The maximum absolute atomic E-state index is 13.1. The minimum Gasteiger partial charge on any atom is -0.314 e. The van der Waals surface area contributed by atoms with Crippen molar-refractivity contribution in [3.8, 4) is 0 Å². The maximum Gasteiger partial charge on any atom is 0.126 e. The highest BCUT2D eigenvalue weighted by Crippen LogP contribution is 2.16. The number of rotatable bonds is 6. The first-order valence-electron chi connectivity index (χ1n) is 7.43. The summed E-state index contributed by atoms with van der Waals surface area (Å²) in [7, 11) is 0. The van der Waals surface area contributed by atoms with Gasteiger partial charge >= 0.3 is 0 Å². The Balaban J connectivity index is 1.75. The Morgan fingerprint density at radius 1 is 1.25 bits per heavy atom. The Labute approximate surface area is 120 Å². The van der Waals surface area contributed by atoms with Gasteiger partial charge in [0, 0.05) is 25.2 Å². The van der Waals surface area contributed by atoms with Crippen LogP contribution in [-0.2, 0) is 6.42 Å². The van der Waals surface area contributed by atoms with Crippen LogP contribution in [0.2, 0.25) is 0 Å². The predicted molar refractivity (Wildman–Crippen MR) is 77.7 cm³/mol. The van der Waals surface area contributed by atoms with Crippen LogP contribution in [0.4, 0.5) is 8.78 Å². The number of benzene rings is 1. The van der Waals surface area contributed by atoms with E-state index in [1.807, 2.05) is 0 Å². The normalized spacial score (nSPS) is 19.9. The minimum atomic E-state index is -0.486. The molecule has 20 heavy (non-hydrogen) atoms. The van der Waals surface area contributed by atoms with Crippen LogP contribution in [0.1, 0.15) is 25.8 Å². The van der Waals surface area contributed by atoms with Crippen LogP contribution in [0.25, 0.3) is 0 Å². The van der Waals surface area contributed by atoms with Crippen LogP contribution >= 0.6 is 0 Å². The molecule has 1 aliphatic heterocycles. The van der Waals surface area contributed by atoms with Gasteiger partial charge in [0.15, 0.2) is 0 Å². The molecule has 1 atom stereocenters. The highest BCUT2D eigenvalue weighted by molar-refractivity contribution is 5.18. The van der Waals surface area contributed by atoms with E-state index in [4.69, 9.17) is 0 Å². The van der Waals surface area contributed by atoms with Gasteiger partial charge in [-0.25, -0.2) is 8.78 Å². The van der Waals surface area contributed by atoms with E-state index < -0.39 is 11.6 Å². The van der Waals surface area contributed by atoms with E-state index in [1.165, 1.54) is 18.6 Å². The minimum absolute atomic E-state index is 0.486. The van der Waals surface area contributed by atoms with Gasteiger partial charge in [0.2, 0.25) is 0 Å². The molecule has 0 aromatic heterocycles. The van der Waals surface area contributed by atoms with Crippen molar-refractivity contribution in [2.24, 2.45) is 5.92 Å². The van der Waals surface area contributed by atoms with Gasteiger partial charge in [-0.1, -0.05) is 13.8 Å². The number of hydrogen-bond donors (Lipinski definition) is 1. The third kappa shape index (κ3) is 4.84. The Kier molecular flexibility index (Phi) is 5.49. The lowest BCUT2D eigenvalue weighted by molar-refractivity contribution is 0.323. The Hall–Kier alpha value is -1.00. The summed E-state index contributed by atoms with van der Waals surface area (Å²) in [5, 5.41) is 3.47. The van der Waals surface area contributed by atoms with Gasteiger partial charge in [0.25, 0.3) is 0 Å². The number of nitrogens with one attached hydrogen (secondary N) is 1. The standard InChI is InChI=1S/C16H24F2N2/c1-12(2)19-10-14-4-6-20(11-14)5-3-13-7-15(17)9-16(18)8-13/h7-9,12,14,19H,3-6,10-11H2,1-2H3. The molecule has 1 N–H and O–H groups in total. The Morgan fingerprint density at radius 3 is 2.60 bits per heavy atom. The number of nitrogens with zero attached hydrogens (tertiary/aromatic N) is 1. The molecule has 0 bridgehead atoms. The van der Waals surface area contributed by atoms with Gasteiger partial charge in [0.1, 0.15) is 11.6 Å². The zero-order valence-corrected chi connectivity index (χ0v) is 12.3. The fourth-order valence-corrected chi connectivity index (χ4v) is 2.73. The Morgan fingerprint density at radius 2 is 1.95 bits per heavy atom. The van der Waals surface area contributed by atoms with E-state index in [0.717, 1.165) is 37.8 Å². The molecule has 1 aromatic carbocycles. The SMILES string of the molecule is CC(C)NCC1CCN(CCc2cc(F)cc(F)c2)C1. The summed E-state index contributed by atoms with van der Waals surface area (Å²) in [6.45, 7) is 8.42. The largest absolute Gasteiger partial charge is 0.314 e. The predicted octanol–water partition coefficient (Wildman–Crippen LogP) is 2.83. The molecule has 1 aliphatic rings. The van der Waals surface area contributed by atoms with Gasteiger partial charge in [-0.2, -0.15) is 0 Å². The summed E-state index contributed by atoms with van der Waals surface area (Å²) >= 11 is 0. The molecule has 1 unspecified atom stereocenters. The zero-order valence-electron chi connectivity index (χ0n) is 12.3. The highest BCUT2D eigenvalue weighted by Gasteiger charge is 2.21. The van der Waals surface area contributed by atoms with Gasteiger partial charge in [-0.05, 0) is 49.5 Å². The molecule has 0 radical (unpaired) electrons. The van der Waals surface area contributed by atoms with E-state index >= 15 is 0 Å². The van der Waals surface area contributed by atoms with Crippen LogP contribution in [-0.4, -0.2) is 37.1 Å². The lowest BCUT2D eigenvalue weighted by atomic mass is 10.1. The van der Waals surface area contributed by atoms with Crippen LogP contribution in [0.15, 0.2) is 18.2 Å². The highest BCUT2D eigenvalue weighted by atomic mass is 19.1. The van der Waals surface area contributed by atoms with Gasteiger partial charge in [-0.15, -0.1) is 0 Å².